The number of ketones is 1. The highest BCUT2D eigenvalue weighted by molar-refractivity contribution is 7.17. The maximum Gasteiger partial charge on any atom is 0.169 e. The normalized spacial score (nSPS) is 14.4. The van der Waals surface area contributed by atoms with Crippen LogP contribution in [0.2, 0.25) is 0 Å². The maximum absolute atomic E-state index is 11.9. The minimum atomic E-state index is 0.0882. The summed E-state index contributed by atoms with van der Waals surface area (Å²) in [6.45, 7) is 4.85. The van der Waals surface area contributed by atoms with Crippen LogP contribution in [0.5, 0.6) is 0 Å². The van der Waals surface area contributed by atoms with Gasteiger partial charge in [0.05, 0.1) is 21.8 Å². The molecule has 0 saturated carbocycles. The van der Waals surface area contributed by atoms with Gasteiger partial charge < -0.3 is 4.98 Å². The number of hydrogen-bond acceptors (Lipinski definition) is 6. The van der Waals surface area contributed by atoms with Crippen LogP contribution < -0.4 is 0 Å². The quantitative estimate of drug-likeness (QED) is 0.224. The number of hydrogen-bond donors (Lipinski definition) is 2. The molecular weight excluding hydrogens is 504 g/mol. The zero-order valence-electron chi connectivity index (χ0n) is 21.7. The average Bonchev–Trinajstić information content (AvgIpc) is 3.71. The summed E-state index contributed by atoms with van der Waals surface area (Å²) in [5.41, 5.74) is 8.59. The molecule has 0 amide bonds. The van der Waals surface area contributed by atoms with Crippen molar-refractivity contribution in [1.29, 1.82) is 0 Å². The van der Waals surface area contributed by atoms with Gasteiger partial charge in [-0.2, -0.15) is 5.10 Å². The van der Waals surface area contributed by atoms with Crippen molar-refractivity contribution >= 4 is 39.1 Å². The first-order valence-electron chi connectivity index (χ1n) is 13.4. The molecule has 8 heteroatoms. The first-order valence-corrected chi connectivity index (χ1v) is 14.2. The summed E-state index contributed by atoms with van der Waals surface area (Å²) >= 11 is 1.52. The fraction of sp³-hybridized carbons (Fsp3) is 0.226. The van der Waals surface area contributed by atoms with Crippen LogP contribution in [0.1, 0.15) is 41.4 Å². The van der Waals surface area contributed by atoms with Crippen LogP contribution in [-0.2, 0) is 6.54 Å². The Kier molecular flexibility index (Phi) is 6.06. The number of rotatable bonds is 6. The van der Waals surface area contributed by atoms with Gasteiger partial charge in [0, 0.05) is 45.8 Å². The third-order valence-corrected chi connectivity index (χ3v) is 8.71. The number of benzene rings is 1. The molecule has 194 valence electrons. The predicted molar refractivity (Wildman–Crippen MR) is 157 cm³/mol. The molecule has 0 radical (unpaired) electrons. The first-order chi connectivity index (χ1) is 19.1. The number of likely N-dealkylation sites (tertiary alicyclic amines) is 1. The summed E-state index contributed by atoms with van der Waals surface area (Å²) in [6, 6.07) is 18.5. The van der Waals surface area contributed by atoms with Gasteiger partial charge >= 0.3 is 0 Å². The molecule has 7 nitrogen and oxygen atoms in total. The molecule has 1 fully saturated rings. The van der Waals surface area contributed by atoms with Crippen LogP contribution in [0.15, 0.2) is 67.0 Å². The second kappa shape index (κ2) is 9.87. The predicted octanol–water partition coefficient (Wildman–Crippen LogP) is 7.09. The molecule has 2 N–H and O–H groups in total. The molecule has 1 aliphatic heterocycles. The van der Waals surface area contributed by atoms with Gasteiger partial charge in [-0.15, -0.1) is 11.3 Å². The van der Waals surface area contributed by atoms with Crippen molar-refractivity contribution in [1.82, 2.24) is 30.0 Å². The molecule has 7 rings (SSSR count). The standard InChI is InChI=1S/C31H28N6OS/c1-19(38)28-10-11-29(39-28)22-6-5-7-25-23(22)15-27(33-25)31-30-26(35-36-31)9-8-24(34-30)21-14-20(16-32-17-21)18-37-12-3-2-4-13-37/h5-11,14-17,33H,2-4,12-13,18H2,1H3,(H,35,36). The molecular formula is C31H28N6OS. The minimum absolute atomic E-state index is 0.0882. The van der Waals surface area contributed by atoms with Crippen molar-refractivity contribution in [3.63, 3.8) is 0 Å². The molecule has 6 aromatic rings. The number of carbonyl (C=O) groups is 1. The van der Waals surface area contributed by atoms with Crippen LogP contribution in [0, 0.1) is 0 Å². The van der Waals surface area contributed by atoms with E-state index in [2.05, 4.69) is 49.3 Å². The Morgan fingerprint density at radius 3 is 2.74 bits per heavy atom. The van der Waals surface area contributed by atoms with E-state index in [0.29, 0.717) is 0 Å². The Morgan fingerprint density at radius 1 is 1.00 bits per heavy atom. The maximum atomic E-state index is 11.9. The van der Waals surface area contributed by atoms with Crippen LogP contribution in [-0.4, -0.2) is 48.9 Å². The molecule has 0 aliphatic carbocycles. The third-order valence-electron chi connectivity index (χ3n) is 7.49. The molecule has 0 unspecified atom stereocenters. The summed E-state index contributed by atoms with van der Waals surface area (Å²) in [5.74, 6) is 0.0882. The molecule has 1 aliphatic rings. The van der Waals surface area contributed by atoms with Crippen molar-refractivity contribution in [3.8, 4) is 33.1 Å². The van der Waals surface area contributed by atoms with Gasteiger partial charge in [0.15, 0.2) is 5.78 Å². The second-order valence-corrected chi connectivity index (χ2v) is 11.3. The Balaban J connectivity index is 1.25. The molecule has 1 saturated heterocycles. The van der Waals surface area contributed by atoms with Gasteiger partial charge in [0.2, 0.25) is 0 Å². The second-order valence-electron chi connectivity index (χ2n) is 10.3. The van der Waals surface area contributed by atoms with Gasteiger partial charge in [-0.05, 0) is 80.9 Å². The van der Waals surface area contributed by atoms with E-state index in [4.69, 9.17) is 4.98 Å². The van der Waals surface area contributed by atoms with E-state index in [9.17, 15) is 4.79 Å². The van der Waals surface area contributed by atoms with E-state index < -0.39 is 0 Å². The number of nitrogens with one attached hydrogen (secondary N) is 2. The lowest BCUT2D eigenvalue weighted by Gasteiger charge is -2.26. The molecule has 1 aromatic carbocycles. The lowest BCUT2D eigenvalue weighted by Crippen LogP contribution is -2.29. The monoisotopic (exact) mass is 532 g/mol. The number of H-pyrrole nitrogens is 2. The molecule has 5 aromatic heterocycles. The molecule has 0 atom stereocenters. The summed E-state index contributed by atoms with van der Waals surface area (Å²) in [6.07, 6.45) is 7.74. The number of piperidine rings is 1. The highest BCUT2D eigenvalue weighted by Crippen LogP contribution is 2.37. The van der Waals surface area contributed by atoms with Gasteiger partial charge in [0.25, 0.3) is 0 Å². The number of pyridine rings is 2. The molecule has 0 bridgehead atoms. The van der Waals surface area contributed by atoms with Crippen molar-refractivity contribution < 1.29 is 4.79 Å². The van der Waals surface area contributed by atoms with E-state index in [0.717, 1.165) is 79.5 Å². The van der Waals surface area contributed by atoms with E-state index >= 15 is 0 Å². The molecule has 39 heavy (non-hydrogen) atoms. The number of nitrogens with zero attached hydrogens (tertiary/aromatic N) is 4. The van der Waals surface area contributed by atoms with Crippen LogP contribution in [0.3, 0.4) is 0 Å². The van der Waals surface area contributed by atoms with Crippen molar-refractivity contribution in [2.24, 2.45) is 0 Å². The van der Waals surface area contributed by atoms with E-state index in [1.807, 2.05) is 42.7 Å². The number of thiophene rings is 1. The number of Topliss-reactive ketones (excluding diaryl/α,β-unsaturated/α-hetero) is 1. The summed E-state index contributed by atoms with van der Waals surface area (Å²) < 4.78 is 0. The van der Waals surface area contributed by atoms with E-state index in [1.54, 1.807) is 6.92 Å². The molecule has 6 heterocycles. The Hall–Kier alpha value is -4.14. The van der Waals surface area contributed by atoms with Crippen molar-refractivity contribution in [3.05, 3.63) is 77.4 Å². The molecule has 0 spiro atoms. The first kappa shape index (κ1) is 23.9. The number of aromatic amines is 2. The van der Waals surface area contributed by atoms with Crippen molar-refractivity contribution in [2.75, 3.05) is 13.1 Å². The zero-order chi connectivity index (χ0) is 26.3. The lowest BCUT2D eigenvalue weighted by atomic mass is 10.1. The number of fused-ring (bicyclic) bond motifs is 2. The van der Waals surface area contributed by atoms with Crippen molar-refractivity contribution in [2.45, 2.75) is 32.7 Å². The minimum Gasteiger partial charge on any atom is -0.353 e. The topological polar surface area (TPSA) is 90.6 Å². The highest BCUT2D eigenvalue weighted by Gasteiger charge is 2.17. The average molecular weight is 533 g/mol. The fourth-order valence-electron chi connectivity index (χ4n) is 5.51. The van der Waals surface area contributed by atoms with Gasteiger partial charge in [-0.3, -0.25) is 19.8 Å². The number of carbonyl (C=O) groups excluding carboxylic acids is 1. The summed E-state index contributed by atoms with van der Waals surface area (Å²) in [4.78, 5) is 29.3. The Bertz CT molecular complexity index is 1820. The highest BCUT2D eigenvalue weighted by atomic mass is 32.1. The lowest BCUT2D eigenvalue weighted by molar-refractivity contribution is 0.102. The van der Waals surface area contributed by atoms with E-state index in [-0.39, 0.29) is 5.78 Å². The Morgan fingerprint density at radius 2 is 1.90 bits per heavy atom. The van der Waals surface area contributed by atoms with Gasteiger partial charge in [-0.1, -0.05) is 18.6 Å². The fourth-order valence-corrected chi connectivity index (χ4v) is 6.45. The van der Waals surface area contributed by atoms with Crippen LogP contribution in [0.25, 0.3) is 55.0 Å². The van der Waals surface area contributed by atoms with Crippen LogP contribution >= 0.6 is 11.3 Å². The van der Waals surface area contributed by atoms with Crippen LogP contribution in [0.4, 0.5) is 0 Å². The van der Waals surface area contributed by atoms with Gasteiger partial charge in [0.1, 0.15) is 11.2 Å². The SMILES string of the molecule is CC(=O)c1ccc(-c2cccc3[nH]c(-c4n[nH]c5ccc(-c6cncc(CN7CCCCC7)c6)nc45)cc23)s1. The third kappa shape index (κ3) is 4.56. The van der Waals surface area contributed by atoms with Gasteiger partial charge in [-0.25, -0.2) is 4.98 Å². The summed E-state index contributed by atoms with van der Waals surface area (Å²) in [5, 5.41) is 8.87. The Labute approximate surface area is 229 Å². The van der Waals surface area contributed by atoms with E-state index in [1.165, 1.54) is 36.2 Å². The summed E-state index contributed by atoms with van der Waals surface area (Å²) in [7, 11) is 0. The smallest absolute Gasteiger partial charge is 0.169 e. The number of aromatic nitrogens is 5. The zero-order valence-corrected chi connectivity index (χ0v) is 22.5. The largest absolute Gasteiger partial charge is 0.353 e.